The summed E-state index contributed by atoms with van der Waals surface area (Å²) in [5.41, 5.74) is -0.548. The van der Waals surface area contributed by atoms with Crippen LogP contribution in [0.25, 0.3) is 28.5 Å². The Balaban J connectivity index is 1.60. The van der Waals surface area contributed by atoms with Crippen molar-refractivity contribution < 1.29 is 32.7 Å². The Morgan fingerprint density at radius 2 is 1.80 bits per heavy atom. The second kappa shape index (κ2) is 9.68. The number of aliphatic hydroxyl groups excluding tert-OH is 2. The molecule has 1 amide bonds. The number of aliphatic hydroxyl groups is 2. The normalized spacial score (nSPS) is 13.4. The molecule has 1 unspecified atom stereocenters. The number of amides is 1. The molecule has 9 nitrogen and oxygen atoms in total. The van der Waals surface area contributed by atoms with Crippen molar-refractivity contribution in [2.45, 2.75) is 25.3 Å². The molecular weight excluding hydrogens is 467 g/mol. The number of carbonyl (C=O) groups excluding carboxylic acids is 1. The summed E-state index contributed by atoms with van der Waals surface area (Å²) in [5, 5.41) is 29.4. The van der Waals surface area contributed by atoms with Gasteiger partial charge >= 0.3 is 6.18 Å². The lowest BCUT2D eigenvalue weighted by molar-refractivity contribution is -0.142. The summed E-state index contributed by atoms with van der Waals surface area (Å²) in [5.74, 6) is -1.04. The van der Waals surface area contributed by atoms with Gasteiger partial charge in [0.05, 0.1) is 23.6 Å². The fourth-order valence-corrected chi connectivity index (χ4v) is 3.30. The third kappa shape index (κ3) is 5.23. The van der Waals surface area contributed by atoms with Gasteiger partial charge in [-0.3, -0.25) is 4.79 Å². The molecule has 0 bridgehead atoms. The zero-order valence-electron chi connectivity index (χ0n) is 18.3. The van der Waals surface area contributed by atoms with E-state index in [0.29, 0.717) is 5.56 Å². The maximum atomic E-state index is 13.9. The van der Waals surface area contributed by atoms with Gasteiger partial charge in [-0.15, -0.1) is 0 Å². The smallest absolute Gasteiger partial charge is 0.392 e. The van der Waals surface area contributed by atoms with Crippen molar-refractivity contribution in [2.75, 3.05) is 6.54 Å². The fraction of sp³-hybridized carbons (Fsp3) is 0.217. The summed E-state index contributed by atoms with van der Waals surface area (Å²) in [7, 11) is 0. The van der Waals surface area contributed by atoms with Crippen LogP contribution < -0.4 is 5.32 Å². The summed E-state index contributed by atoms with van der Waals surface area (Å²) in [6.45, 7) is 1.48. The van der Waals surface area contributed by atoms with E-state index in [1.807, 2.05) is 0 Å². The van der Waals surface area contributed by atoms with Crippen LogP contribution in [0, 0.1) is 0 Å². The van der Waals surface area contributed by atoms with Crippen molar-refractivity contribution in [3.63, 3.8) is 0 Å². The maximum Gasteiger partial charge on any atom is 0.434 e. The molecule has 0 saturated carbocycles. The number of para-hydroxylation sites is 1. The molecule has 0 saturated heterocycles. The molecule has 0 aliphatic rings. The lowest BCUT2D eigenvalue weighted by atomic mass is 10.1. The van der Waals surface area contributed by atoms with Crippen LogP contribution in [0.2, 0.25) is 0 Å². The van der Waals surface area contributed by atoms with E-state index in [4.69, 9.17) is 4.52 Å². The lowest BCUT2D eigenvalue weighted by Gasteiger charge is -2.13. The van der Waals surface area contributed by atoms with Crippen molar-refractivity contribution >= 4 is 5.91 Å². The largest absolute Gasteiger partial charge is 0.434 e. The number of carbonyl (C=O) groups is 1. The highest BCUT2D eigenvalue weighted by atomic mass is 19.4. The summed E-state index contributed by atoms with van der Waals surface area (Å²) >= 11 is 0. The molecule has 2 heterocycles. The van der Waals surface area contributed by atoms with Gasteiger partial charge in [-0.1, -0.05) is 47.6 Å². The van der Waals surface area contributed by atoms with Crippen LogP contribution in [0.5, 0.6) is 0 Å². The molecular formula is C23H20F3N5O4. The van der Waals surface area contributed by atoms with E-state index in [0.717, 1.165) is 10.9 Å². The third-order valence-electron chi connectivity index (χ3n) is 5.00. The minimum Gasteiger partial charge on any atom is -0.392 e. The predicted molar refractivity (Wildman–Crippen MR) is 117 cm³/mol. The van der Waals surface area contributed by atoms with Crippen LogP contribution in [-0.4, -0.2) is 48.7 Å². The van der Waals surface area contributed by atoms with Crippen LogP contribution in [-0.2, 0) is 11.0 Å². The molecule has 2 atom stereocenters. The van der Waals surface area contributed by atoms with E-state index in [9.17, 15) is 28.2 Å². The minimum absolute atomic E-state index is 0.0135. The Labute approximate surface area is 196 Å². The highest BCUT2D eigenvalue weighted by molar-refractivity contribution is 5.82. The molecule has 12 heteroatoms. The molecule has 35 heavy (non-hydrogen) atoms. The molecule has 0 fully saturated rings. The van der Waals surface area contributed by atoms with Crippen LogP contribution in [0.3, 0.4) is 0 Å². The standard InChI is InChI=1S/C23H20F3N5O4/c1-13(32)11-27-21(34)18(33)14-7-9-15(10-8-14)20-29-22(35-30-20)17-12-28-31(19(17)23(24,25)26)16-5-3-2-4-6-16/h2-10,12-13,18,32-33H,11H2,1H3,(H,27,34)/t13-,18?/m0/s1. The van der Waals surface area contributed by atoms with Gasteiger partial charge in [0.2, 0.25) is 5.82 Å². The van der Waals surface area contributed by atoms with Crippen LogP contribution >= 0.6 is 0 Å². The number of benzene rings is 2. The molecule has 182 valence electrons. The van der Waals surface area contributed by atoms with Gasteiger partial charge in [0.15, 0.2) is 11.8 Å². The number of aromatic nitrogens is 4. The van der Waals surface area contributed by atoms with E-state index in [1.165, 1.54) is 43.3 Å². The monoisotopic (exact) mass is 487 g/mol. The predicted octanol–water partition coefficient (Wildman–Crippen LogP) is 3.14. The van der Waals surface area contributed by atoms with Crippen LogP contribution in [0.15, 0.2) is 65.3 Å². The fourth-order valence-electron chi connectivity index (χ4n) is 3.30. The van der Waals surface area contributed by atoms with Gasteiger partial charge in [-0.2, -0.15) is 23.3 Å². The van der Waals surface area contributed by atoms with E-state index < -0.39 is 30.0 Å². The highest BCUT2D eigenvalue weighted by Gasteiger charge is 2.40. The van der Waals surface area contributed by atoms with Gasteiger partial charge in [0, 0.05) is 12.1 Å². The van der Waals surface area contributed by atoms with Crippen molar-refractivity contribution in [1.29, 1.82) is 0 Å². The number of halogens is 3. The maximum absolute atomic E-state index is 13.9. The van der Waals surface area contributed by atoms with Crippen LogP contribution in [0.1, 0.15) is 24.3 Å². The Bertz CT molecular complexity index is 1300. The van der Waals surface area contributed by atoms with E-state index in [1.54, 1.807) is 18.2 Å². The van der Waals surface area contributed by atoms with Gasteiger partial charge in [-0.25, -0.2) is 4.68 Å². The Morgan fingerprint density at radius 1 is 1.11 bits per heavy atom. The quantitative estimate of drug-likeness (QED) is 0.366. The van der Waals surface area contributed by atoms with E-state index in [2.05, 4.69) is 20.6 Å². The van der Waals surface area contributed by atoms with Gasteiger partial charge < -0.3 is 20.1 Å². The van der Waals surface area contributed by atoms with Gasteiger partial charge in [-0.05, 0) is 24.6 Å². The molecule has 0 radical (unpaired) electrons. The summed E-state index contributed by atoms with van der Waals surface area (Å²) in [6, 6.07) is 13.7. The molecule has 2 aromatic heterocycles. The average molecular weight is 487 g/mol. The summed E-state index contributed by atoms with van der Waals surface area (Å²) < 4.78 is 47.6. The van der Waals surface area contributed by atoms with Crippen LogP contribution in [0.4, 0.5) is 13.2 Å². The first-order valence-corrected chi connectivity index (χ1v) is 10.4. The number of rotatable bonds is 7. The third-order valence-corrected chi connectivity index (χ3v) is 5.00. The number of nitrogens with one attached hydrogen (secondary N) is 1. The number of hydrogen-bond donors (Lipinski definition) is 3. The highest BCUT2D eigenvalue weighted by Crippen LogP contribution is 2.38. The Hall–Kier alpha value is -4.03. The van der Waals surface area contributed by atoms with E-state index in [-0.39, 0.29) is 35.1 Å². The first-order chi connectivity index (χ1) is 16.6. The van der Waals surface area contributed by atoms with Crippen molar-refractivity contribution in [3.05, 3.63) is 72.1 Å². The molecule has 0 aliphatic carbocycles. The second-order valence-electron chi connectivity index (χ2n) is 7.69. The molecule has 4 rings (SSSR count). The zero-order valence-corrected chi connectivity index (χ0v) is 18.3. The van der Waals surface area contributed by atoms with Gasteiger partial charge in [0.1, 0.15) is 0 Å². The molecule has 4 aromatic rings. The number of hydrogen-bond acceptors (Lipinski definition) is 7. The molecule has 3 N–H and O–H groups in total. The Kier molecular flexibility index (Phi) is 6.67. The van der Waals surface area contributed by atoms with Crippen molar-refractivity contribution in [2.24, 2.45) is 0 Å². The first kappa shape index (κ1) is 24.1. The minimum atomic E-state index is -4.75. The summed E-state index contributed by atoms with van der Waals surface area (Å²) in [6.07, 6.45) is -5.97. The number of nitrogens with zero attached hydrogens (tertiary/aromatic N) is 4. The second-order valence-corrected chi connectivity index (χ2v) is 7.69. The molecule has 0 aliphatic heterocycles. The lowest BCUT2D eigenvalue weighted by Crippen LogP contribution is -2.34. The molecule has 2 aromatic carbocycles. The first-order valence-electron chi connectivity index (χ1n) is 10.4. The van der Waals surface area contributed by atoms with Crippen molar-refractivity contribution in [3.8, 4) is 28.5 Å². The molecule has 0 spiro atoms. The summed E-state index contributed by atoms with van der Waals surface area (Å²) in [4.78, 5) is 16.1. The zero-order chi connectivity index (χ0) is 25.2. The topological polar surface area (TPSA) is 126 Å². The Morgan fingerprint density at radius 3 is 2.43 bits per heavy atom. The number of alkyl halides is 3. The SMILES string of the molecule is C[C@H](O)CNC(=O)C(O)c1ccc(-c2noc(-c3cnn(-c4ccccc4)c3C(F)(F)F)n2)cc1. The van der Waals surface area contributed by atoms with Gasteiger partial charge in [0.25, 0.3) is 11.8 Å². The average Bonchev–Trinajstić information content (AvgIpc) is 3.50. The van der Waals surface area contributed by atoms with E-state index >= 15 is 0 Å². The van der Waals surface area contributed by atoms with Crippen molar-refractivity contribution in [1.82, 2.24) is 25.2 Å².